The summed E-state index contributed by atoms with van der Waals surface area (Å²) in [5, 5.41) is 3.92. The topological polar surface area (TPSA) is 77.3 Å². The van der Waals surface area contributed by atoms with Crippen molar-refractivity contribution < 1.29 is 13.2 Å². The van der Waals surface area contributed by atoms with Crippen LogP contribution in [0.2, 0.25) is 0 Å². The molecule has 2 aromatic rings. The summed E-state index contributed by atoms with van der Waals surface area (Å²) in [4.78, 5) is 4.39. The molecular formula is C14H18N4O3S. The molecule has 0 aliphatic carbocycles. The number of pyridine rings is 1. The fourth-order valence-electron chi connectivity index (χ4n) is 2.47. The van der Waals surface area contributed by atoms with E-state index in [2.05, 4.69) is 10.1 Å². The van der Waals surface area contributed by atoms with Crippen molar-refractivity contribution in [3.8, 4) is 5.75 Å². The van der Waals surface area contributed by atoms with Crippen LogP contribution in [0.1, 0.15) is 12.1 Å². The highest BCUT2D eigenvalue weighted by Crippen LogP contribution is 2.24. The first-order valence-electron chi connectivity index (χ1n) is 7.04. The molecule has 0 amide bonds. The second-order valence-electron chi connectivity index (χ2n) is 5.33. The molecule has 1 saturated heterocycles. The van der Waals surface area contributed by atoms with Crippen LogP contribution in [0.4, 0.5) is 0 Å². The van der Waals surface area contributed by atoms with Crippen molar-refractivity contribution in [2.45, 2.75) is 24.3 Å². The Morgan fingerprint density at radius 3 is 2.91 bits per heavy atom. The molecule has 2 aromatic heterocycles. The van der Waals surface area contributed by atoms with E-state index in [9.17, 15) is 8.42 Å². The zero-order valence-electron chi connectivity index (χ0n) is 12.5. The number of hydrogen-bond donors (Lipinski definition) is 0. The molecule has 1 aliphatic rings. The maximum Gasteiger partial charge on any atom is 0.246 e. The summed E-state index contributed by atoms with van der Waals surface area (Å²) in [5.74, 6) is 0.702. The highest BCUT2D eigenvalue weighted by atomic mass is 32.2. The summed E-state index contributed by atoms with van der Waals surface area (Å²) < 4.78 is 33.8. The summed E-state index contributed by atoms with van der Waals surface area (Å²) in [5.41, 5.74) is 0.802. The molecular weight excluding hydrogens is 304 g/mol. The first-order valence-corrected chi connectivity index (χ1v) is 8.48. The van der Waals surface area contributed by atoms with E-state index in [1.54, 1.807) is 19.3 Å². The normalized spacial score (nSPS) is 19.5. The van der Waals surface area contributed by atoms with Gasteiger partial charge in [0.1, 0.15) is 16.7 Å². The molecule has 8 heteroatoms. The number of nitrogens with zero attached hydrogens (tertiary/aromatic N) is 4. The van der Waals surface area contributed by atoms with E-state index in [4.69, 9.17) is 4.74 Å². The number of aromatic nitrogens is 3. The zero-order chi connectivity index (χ0) is 15.7. The Labute approximate surface area is 129 Å². The summed E-state index contributed by atoms with van der Waals surface area (Å²) in [6.07, 6.45) is 5.09. The van der Waals surface area contributed by atoms with Gasteiger partial charge in [0.25, 0.3) is 0 Å². The number of ether oxygens (including phenoxy) is 1. The molecule has 0 aromatic carbocycles. The van der Waals surface area contributed by atoms with Gasteiger partial charge in [-0.15, -0.1) is 0 Å². The van der Waals surface area contributed by atoms with Crippen LogP contribution in [0.25, 0.3) is 0 Å². The minimum Gasteiger partial charge on any atom is -0.487 e. The standard InChI is InChI=1S/C14H18N4O3S/c1-11-14(4-3-6-15-11)21-12-5-7-18(9-12)22(19,20)13-8-16-17(2)10-13/h3-4,6,8,10,12H,5,7,9H2,1-2H3/t12-/m1/s1. The third-order valence-corrected chi connectivity index (χ3v) is 5.50. The lowest BCUT2D eigenvalue weighted by atomic mass is 10.3. The lowest BCUT2D eigenvalue weighted by Gasteiger charge is -2.17. The third kappa shape index (κ3) is 2.84. The minimum atomic E-state index is -3.50. The van der Waals surface area contributed by atoms with E-state index in [0.29, 0.717) is 25.3 Å². The van der Waals surface area contributed by atoms with Gasteiger partial charge in [0, 0.05) is 26.0 Å². The molecule has 7 nitrogen and oxygen atoms in total. The quantitative estimate of drug-likeness (QED) is 0.838. The second kappa shape index (κ2) is 5.69. The van der Waals surface area contributed by atoms with Gasteiger partial charge in [-0.05, 0) is 25.5 Å². The van der Waals surface area contributed by atoms with E-state index in [1.807, 2.05) is 13.0 Å². The monoisotopic (exact) mass is 322 g/mol. The zero-order valence-corrected chi connectivity index (χ0v) is 13.3. The summed E-state index contributed by atoms with van der Waals surface area (Å²) in [6, 6.07) is 3.65. The molecule has 22 heavy (non-hydrogen) atoms. The predicted molar refractivity (Wildman–Crippen MR) is 80.0 cm³/mol. The van der Waals surface area contributed by atoms with Crippen LogP contribution >= 0.6 is 0 Å². The molecule has 1 atom stereocenters. The Morgan fingerprint density at radius 2 is 2.23 bits per heavy atom. The third-order valence-electron chi connectivity index (χ3n) is 3.68. The predicted octanol–water partition coefficient (Wildman–Crippen LogP) is 0.966. The van der Waals surface area contributed by atoms with Crippen molar-refractivity contribution >= 4 is 10.0 Å². The average Bonchev–Trinajstić information content (AvgIpc) is 3.11. The fourth-order valence-corrected chi connectivity index (χ4v) is 3.94. The number of rotatable bonds is 4. The fraction of sp³-hybridized carbons (Fsp3) is 0.429. The lowest BCUT2D eigenvalue weighted by molar-refractivity contribution is 0.213. The van der Waals surface area contributed by atoms with Crippen LogP contribution in [0.3, 0.4) is 0 Å². The molecule has 0 radical (unpaired) electrons. The average molecular weight is 322 g/mol. The second-order valence-corrected chi connectivity index (χ2v) is 7.27. The van der Waals surface area contributed by atoms with Gasteiger partial charge in [-0.3, -0.25) is 9.67 Å². The summed E-state index contributed by atoms with van der Waals surface area (Å²) in [7, 11) is -1.80. The van der Waals surface area contributed by atoms with Crippen LogP contribution in [0.5, 0.6) is 5.75 Å². The van der Waals surface area contributed by atoms with Crippen molar-refractivity contribution in [1.29, 1.82) is 0 Å². The molecule has 0 N–H and O–H groups in total. The van der Waals surface area contributed by atoms with Crippen molar-refractivity contribution in [2.24, 2.45) is 7.05 Å². The first kappa shape index (κ1) is 15.0. The van der Waals surface area contributed by atoms with Crippen LogP contribution < -0.4 is 4.74 Å². The lowest BCUT2D eigenvalue weighted by Crippen LogP contribution is -2.31. The number of sulfonamides is 1. The van der Waals surface area contributed by atoms with Crippen molar-refractivity contribution in [2.75, 3.05) is 13.1 Å². The van der Waals surface area contributed by atoms with Crippen LogP contribution in [-0.4, -0.2) is 46.7 Å². The van der Waals surface area contributed by atoms with E-state index < -0.39 is 10.0 Å². The van der Waals surface area contributed by atoms with E-state index in [0.717, 1.165) is 5.69 Å². The molecule has 3 heterocycles. The SMILES string of the molecule is Cc1ncccc1O[C@@H]1CCN(S(=O)(=O)c2cnn(C)c2)C1. The minimum absolute atomic E-state index is 0.158. The van der Waals surface area contributed by atoms with Crippen molar-refractivity contribution in [3.05, 3.63) is 36.4 Å². The van der Waals surface area contributed by atoms with Crippen LogP contribution in [0, 0.1) is 6.92 Å². The highest BCUT2D eigenvalue weighted by Gasteiger charge is 2.34. The van der Waals surface area contributed by atoms with Gasteiger partial charge in [-0.25, -0.2) is 8.42 Å². The van der Waals surface area contributed by atoms with Gasteiger partial charge in [0.15, 0.2) is 0 Å². The van der Waals surface area contributed by atoms with E-state index in [-0.39, 0.29) is 11.0 Å². The van der Waals surface area contributed by atoms with E-state index in [1.165, 1.54) is 21.4 Å². The molecule has 0 saturated carbocycles. The Balaban J connectivity index is 1.71. The largest absolute Gasteiger partial charge is 0.487 e. The number of aryl methyl sites for hydroxylation is 2. The summed E-state index contributed by atoms with van der Waals surface area (Å²) >= 11 is 0. The molecule has 118 valence electrons. The molecule has 0 spiro atoms. The Morgan fingerprint density at radius 1 is 1.41 bits per heavy atom. The Hall–Kier alpha value is -1.93. The Kier molecular flexibility index (Phi) is 3.88. The molecule has 1 aliphatic heterocycles. The van der Waals surface area contributed by atoms with Gasteiger partial charge in [-0.1, -0.05) is 0 Å². The summed E-state index contributed by atoms with van der Waals surface area (Å²) in [6.45, 7) is 2.65. The van der Waals surface area contributed by atoms with Gasteiger partial charge < -0.3 is 4.74 Å². The molecule has 0 unspecified atom stereocenters. The van der Waals surface area contributed by atoms with Crippen molar-refractivity contribution in [3.63, 3.8) is 0 Å². The maximum absolute atomic E-state index is 12.5. The smallest absolute Gasteiger partial charge is 0.246 e. The van der Waals surface area contributed by atoms with Crippen molar-refractivity contribution in [1.82, 2.24) is 19.1 Å². The van der Waals surface area contributed by atoms with Gasteiger partial charge >= 0.3 is 0 Å². The van der Waals surface area contributed by atoms with Crippen LogP contribution in [-0.2, 0) is 17.1 Å². The molecule has 1 fully saturated rings. The van der Waals surface area contributed by atoms with Gasteiger partial charge in [-0.2, -0.15) is 9.40 Å². The van der Waals surface area contributed by atoms with Gasteiger partial charge in [0.2, 0.25) is 10.0 Å². The Bertz CT molecular complexity index is 772. The van der Waals surface area contributed by atoms with E-state index >= 15 is 0 Å². The van der Waals surface area contributed by atoms with Gasteiger partial charge in [0.05, 0.1) is 18.4 Å². The highest BCUT2D eigenvalue weighted by molar-refractivity contribution is 7.89. The molecule has 3 rings (SSSR count). The first-order chi connectivity index (χ1) is 10.5. The molecule has 0 bridgehead atoms. The maximum atomic E-state index is 12.5. The van der Waals surface area contributed by atoms with Crippen LogP contribution in [0.15, 0.2) is 35.6 Å². The number of hydrogen-bond acceptors (Lipinski definition) is 5.